The first kappa shape index (κ1) is 16.1. The van der Waals surface area contributed by atoms with Gasteiger partial charge in [0.05, 0.1) is 12.1 Å². The van der Waals surface area contributed by atoms with Crippen molar-refractivity contribution in [1.29, 1.82) is 0 Å². The lowest BCUT2D eigenvalue weighted by atomic mass is 10.0. The van der Waals surface area contributed by atoms with E-state index in [4.69, 9.17) is 22.1 Å². The number of phenols is 1. The van der Waals surface area contributed by atoms with Crippen molar-refractivity contribution >= 4 is 24.0 Å². The van der Waals surface area contributed by atoms with E-state index in [1.165, 1.54) is 7.11 Å². The van der Waals surface area contributed by atoms with E-state index in [-0.39, 0.29) is 29.2 Å². The van der Waals surface area contributed by atoms with Crippen molar-refractivity contribution in [3.05, 3.63) is 34.9 Å². The number of methoxy groups -OCH3 is 1. The zero-order chi connectivity index (χ0) is 12.3. The van der Waals surface area contributed by atoms with Crippen LogP contribution in [0.25, 0.3) is 0 Å². The summed E-state index contributed by atoms with van der Waals surface area (Å²) < 4.78 is 5.01. The number of hydrogen-bond acceptors (Lipinski definition) is 3. The second-order valence-electron chi connectivity index (χ2n) is 3.82. The molecule has 0 saturated carbocycles. The van der Waals surface area contributed by atoms with Crippen LogP contribution in [0.2, 0.25) is 5.02 Å². The summed E-state index contributed by atoms with van der Waals surface area (Å²) in [6.07, 6.45) is 0.671. The highest BCUT2D eigenvalue weighted by Crippen LogP contribution is 2.37. The Kier molecular flexibility index (Phi) is 6.39. The quantitative estimate of drug-likeness (QED) is 0.829. The smallest absolute Gasteiger partial charge is 0.176 e. The van der Waals surface area contributed by atoms with Crippen LogP contribution in [0.5, 0.6) is 11.5 Å². The third-order valence-electron chi connectivity index (χ3n) is 2.27. The topological polar surface area (TPSA) is 55.5 Å². The van der Waals surface area contributed by atoms with E-state index >= 15 is 0 Å². The molecular weight excluding hydrogens is 261 g/mol. The van der Waals surface area contributed by atoms with Crippen LogP contribution in [-0.4, -0.2) is 12.2 Å². The fraction of sp³-hybridized carbons (Fsp3) is 0.333. The summed E-state index contributed by atoms with van der Waals surface area (Å²) in [5, 5.41) is 9.81. The average Bonchev–Trinajstić information content (AvgIpc) is 2.20. The van der Waals surface area contributed by atoms with Crippen LogP contribution in [0.1, 0.15) is 24.9 Å². The molecule has 17 heavy (non-hydrogen) atoms. The molecule has 0 saturated heterocycles. The Bertz CT molecular complexity index is 408. The Morgan fingerprint density at radius 3 is 2.65 bits per heavy atom. The SMILES string of the molecule is C=C(C)C[C@@H](N)c1cc(Cl)c(O)c(OC)c1.Cl. The van der Waals surface area contributed by atoms with Crippen LogP contribution >= 0.6 is 24.0 Å². The summed E-state index contributed by atoms with van der Waals surface area (Å²) >= 11 is 5.87. The summed E-state index contributed by atoms with van der Waals surface area (Å²) in [7, 11) is 1.47. The van der Waals surface area contributed by atoms with Crippen LogP contribution < -0.4 is 10.5 Å². The molecular formula is C12H17Cl2NO2. The predicted molar refractivity (Wildman–Crippen MR) is 73.3 cm³/mol. The van der Waals surface area contributed by atoms with Gasteiger partial charge in [0.1, 0.15) is 0 Å². The number of benzene rings is 1. The Labute approximate surface area is 113 Å². The molecule has 0 bridgehead atoms. The highest BCUT2D eigenvalue weighted by atomic mass is 35.5. The molecule has 0 heterocycles. The van der Waals surface area contributed by atoms with Crippen molar-refractivity contribution in [2.75, 3.05) is 7.11 Å². The van der Waals surface area contributed by atoms with E-state index in [0.29, 0.717) is 12.2 Å². The van der Waals surface area contributed by atoms with Gasteiger partial charge in [0.2, 0.25) is 0 Å². The van der Waals surface area contributed by atoms with E-state index in [2.05, 4.69) is 6.58 Å². The molecule has 0 radical (unpaired) electrons. The van der Waals surface area contributed by atoms with E-state index in [9.17, 15) is 5.11 Å². The molecule has 0 aliphatic carbocycles. The van der Waals surface area contributed by atoms with Crippen molar-refractivity contribution < 1.29 is 9.84 Å². The molecule has 1 atom stereocenters. The number of phenolic OH excluding ortho intramolecular Hbond substituents is 1. The molecule has 0 amide bonds. The second kappa shape index (κ2) is 6.74. The molecule has 3 nitrogen and oxygen atoms in total. The van der Waals surface area contributed by atoms with E-state index in [0.717, 1.165) is 11.1 Å². The maximum absolute atomic E-state index is 9.57. The molecule has 0 unspecified atom stereocenters. The summed E-state index contributed by atoms with van der Waals surface area (Å²) in [5.74, 6) is 0.273. The molecule has 0 aliphatic heterocycles. The van der Waals surface area contributed by atoms with Crippen LogP contribution in [0.15, 0.2) is 24.3 Å². The van der Waals surface area contributed by atoms with Crippen LogP contribution in [0, 0.1) is 0 Å². The monoisotopic (exact) mass is 277 g/mol. The van der Waals surface area contributed by atoms with Crippen LogP contribution in [-0.2, 0) is 0 Å². The van der Waals surface area contributed by atoms with Crippen molar-refractivity contribution in [3.8, 4) is 11.5 Å². The normalized spacial score (nSPS) is 11.5. The molecule has 1 aromatic rings. The van der Waals surface area contributed by atoms with Gasteiger partial charge in [-0.25, -0.2) is 0 Å². The number of halogens is 2. The Balaban J connectivity index is 0.00000256. The van der Waals surface area contributed by atoms with E-state index < -0.39 is 0 Å². The zero-order valence-corrected chi connectivity index (χ0v) is 11.4. The molecule has 0 aliphatic rings. The molecule has 0 spiro atoms. The molecule has 0 fully saturated rings. The Morgan fingerprint density at radius 1 is 1.59 bits per heavy atom. The highest BCUT2D eigenvalue weighted by molar-refractivity contribution is 6.32. The largest absolute Gasteiger partial charge is 0.503 e. The van der Waals surface area contributed by atoms with Gasteiger partial charge in [0.15, 0.2) is 11.5 Å². The van der Waals surface area contributed by atoms with Gasteiger partial charge >= 0.3 is 0 Å². The minimum atomic E-state index is -0.190. The number of aromatic hydroxyl groups is 1. The first-order chi connectivity index (χ1) is 7.45. The first-order valence-corrected chi connectivity index (χ1v) is 5.29. The maximum Gasteiger partial charge on any atom is 0.176 e. The summed E-state index contributed by atoms with van der Waals surface area (Å²) in [6, 6.07) is 3.14. The van der Waals surface area contributed by atoms with E-state index in [1.807, 2.05) is 6.92 Å². The number of nitrogens with two attached hydrogens (primary N) is 1. The molecule has 0 aromatic heterocycles. The van der Waals surface area contributed by atoms with Crippen molar-refractivity contribution in [2.45, 2.75) is 19.4 Å². The molecule has 3 N–H and O–H groups in total. The molecule has 96 valence electrons. The van der Waals surface area contributed by atoms with Gasteiger partial charge in [-0.3, -0.25) is 0 Å². The maximum atomic E-state index is 9.57. The summed E-state index contributed by atoms with van der Waals surface area (Å²) in [6.45, 7) is 5.73. The lowest BCUT2D eigenvalue weighted by Gasteiger charge is -2.14. The van der Waals surface area contributed by atoms with Gasteiger partial charge in [-0.2, -0.15) is 0 Å². The van der Waals surface area contributed by atoms with Crippen LogP contribution in [0.3, 0.4) is 0 Å². The standard InChI is InChI=1S/C12H16ClNO2.ClH/c1-7(2)4-10(14)8-5-9(13)12(15)11(6-8)16-3;/h5-6,10,15H,1,4,14H2,2-3H3;1H/t10-;/m1./s1. The molecule has 1 rings (SSSR count). The average molecular weight is 278 g/mol. The fourth-order valence-electron chi connectivity index (χ4n) is 1.46. The van der Waals surface area contributed by atoms with Crippen LogP contribution in [0.4, 0.5) is 0 Å². The second-order valence-corrected chi connectivity index (χ2v) is 4.23. The summed E-state index contributed by atoms with van der Waals surface area (Å²) in [5.41, 5.74) is 7.80. The van der Waals surface area contributed by atoms with E-state index in [1.54, 1.807) is 12.1 Å². The van der Waals surface area contributed by atoms with Crippen molar-refractivity contribution in [1.82, 2.24) is 0 Å². The number of ether oxygens (including phenoxy) is 1. The van der Waals surface area contributed by atoms with Gasteiger partial charge in [0.25, 0.3) is 0 Å². The lowest BCUT2D eigenvalue weighted by Crippen LogP contribution is -2.10. The predicted octanol–water partition coefficient (Wildman–Crippen LogP) is 3.44. The Hall–Kier alpha value is -0.900. The highest BCUT2D eigenvalue weighted by Gasteiger charge is 2.13. The van der Waals surface area contributed by atoms with Crippen molar-refractivity contribution in [3.63, 3.8) is 0 Å². The number of rotatable bonds is 4. The molecule has 1 aromatic carbocycles. The third-order valence-corrected chi connectivity index (χ3v) is 2.56. The van der Waals surface area contributed by atoms with Gasteiger partial charge in [-0.05, 0) is 31.0 Å². The minimum absolute atomic E-state index is 0. The minimum Gasteiger partial charge on any atom is -0.503 e. The Morgan fingerprint density at radius 2 is 2.18 bits per heavy atom. The fourth-order valence-corrected chi connectivity index (χ4v) is 1.68. The van der Waals surface area contributed by atoms with Gasteiger partial charge in [-0.15, -0.1) is 19.0 Å². The van der Waals surface area contributed by atoms with Gasteiger partial charge < -0.3 is 15.6 Å². The number of hydrogen-bond donors (Lipinski definition) is 2. The van der Waals surface area contributed by atoms with Gasteiger partial charge in [0, 0.05) is 6.04 Å². The van der Waals surface area contributed by atoms with Gasteiger partial charge in [-0.1, -0.05) is 17.2 Å². The first-order valence-electron chi connectivity index (χ1n) is 4.92. The lowest BCUT2D eigenvalue weighted by molar-refractivity contribution is 0.372. The zero-order valence-electron chi connectivity index (χ0n) is 9.87. The molecule has 5 heteroatoms. The third kappa shape index (κ3) is 4.11. The summed E-state index contributed by atoms with van der Waals surface area (Å²) in [4.78, 5) is 0. The van der Waals surface area contributed by atoms with Crippen molar-refractivity contribution in [2.24, 2.45) is 5.73 Å².